The Morgan fingerprint density at radius 1 is 1.60 bits per heavy atom. The summed E-state index contributed by atoms with van der Waals surface area (Å²) in [5.74, 6) is 2.56. The van der Waals surface area contributed by atoms with Crippen molar-refractivity contribution < 1.29 is 4.57 Å². The predicted molar refractivity (Wildman–Crippen MR) is 43.2 cm³/mol. The molecular formula is C8H7BrN+. The van der Waals surface area contributed by atoms with Gasteiger partial charge in [0.05, 0.1) is 0 Å². The molecule has 1 aromatic heterocycles. The minimum Gasteiger partial charge on any atom is -0.181 e. The average molecular weight is 197 g/mol. The van der Waals surface area contributed by atoms with Crippen LogP contribution in [0.4, 0.5) is 0 Å². The van der Waals surface area contributed by atoms with Crippen LogP contribution in [0.1, 0.15) is 0 Å². The zero-order valence-corrected chi connectivity index (χ0v) is 7.01. The third-order valence-corrected chi connectivity index (χ3v) is 1.87. The molecule has 10 heavy (non-hydrogen) atoms. The number of halogens is 1. The number of hydrogen-bond donors (Lipinski definition) is 0. The minimum atomic E-state index is 0.613. The van der Waals surface area contributed by atoms with E-state index in [1.165, 1.54) is 0 Å². The smallest absolute Gasteiger partial charge is 0.181 e. The second-order valence-electron chi connectivity index (χ2n) is 1.86. The van der Waals surface area contributed by atoms with Gasteiger partial charge in [-0.3, -0.25) is 0 Å². The van der Waals surface area contributed by atoms with Crippen molar-refractivity contribution in [2.24, 2.45) is 0 Å². The highest BCUT2D eigenvalue weighted by Gasteiger charge is 2.00. The first-order valence-electron chi connectivity index (χ1n) is 2.92. The molecule has 0 fully saturated rings. The molecule has 1 rings (SSSR count). The Morgan fingerprint density at radius 3 is 3.00 bits per heavy atom. The Labute approximate surface area is 68.8 Å². The number of nitrogens with zero attached hydrogens (tertiary/aromatic N) is 1. The lowest BCUT2D eigenvalue weighted by atomic mass is 10.5. The lowest BCUT2D eigenvalue weighted by molar-refractivity contribution is -0.695. The predicted octanol–water partition coefficient (Wildman–Crippen LogP) is 1.37. The van der Waals surface area contributed by atoms with E-state index in [1.807, 2.05) is 29.0 Å². The van der Waals surface area contributed by atoms with Crippen molar-refractivity contribution in [1.29, 1.82) is 0 Å². The van der Waals surface area contributed by atoms with Crippen LogP contribution >= 0.6 is 15.9 Å². The Bertz CT molecular complexity index is 262. The van der Waals surface area contributed by atoms with Gasteiger partial charge in [0.15, 0.2) is 6.20 Å². The normalized spacial score (nSPS) is 8.80. The first-order valence-corrected chi connectivity index (χ1v) is 3.71. The maximum Gasteiger partial charge on any atom is 0.248 e. The summed E-state index contributed by atoms with van der Waals surface area (Å²) >= 11 is 3.36. The number of rotatable bonds is 1. The Morgan fingerprint density at radius 2 is 2.40 bits per heavy atom. The second kappa shape index (κ2) is 3.38. The monoisotopic (exact) mass is 196 g/mol. The van der Waals surface area contributed by atoms with Gasteiger partial charge in [-0.25, -0.2) is 0 Å². The van der Waals surface area contributed by atoms with E-state index in [0.717, 1.165) is 4.60 Å². The molecule has 0 aliphatic rings. The highest BCUT2D eigenvalue weighted by atomic mass is 79.9. The molecule has 0 saturated carbocycles. The van der Waals surface area contributed by atoms with E-state index < -0.39 is 0 Å². The lowest BCUT2D eigenvalue weighted by Gasteiger charge is -1.90. The molecule has 0 N–H and O–H groups in total. The molecule has 1 nitrogen and oxygen atoms in total. The van der Waals surface area contributed by atoms with E-state index in [1.54, 1.807) is 0 Å². The fourth-order valence-corrected chi connectivity index (χ4v) is 1.08. The Kier molecular flexibility index (Phi) is 2.47. The van der Waals surface area contributed by atoms with Crippen molar-refractivity contribution in [3.63, 3.8) is 0 Å². The molecule has 50 valence electrons. The van der Waals surface area contributed by atoms with Crippen molar-refractivity contribution in [2.45, 2.75) is 6.54 Å². The van der Waals surface area contributed by atoms with Crippen LogP contribution in [0.25, 0.3) is 0 Å². The van der Waals surface area contributed by atoms with Crippen molar-refractivity contribution in [1.82, 2.24) is 0 Å². The Hall–Kier alpha value is -0.810. The standard InChI is InChI=1S/C8H7BrN/c1-2-6-10-7-4-3-5-8(10)9/h1,3-5,7H,6H2/q+1. The summed E-state index contributed by atoms with van der Waals surface area (Å²) in [6.45, 7) is 0.613. The quantitative estimate of drug-likeness (QED) is 0.363. The van der Waals surface area contributed by atoms with Crippen molar-refractivity contribution in [3.05, 3.63) is 29.0 Å². The van der Waals surface area contributed by atoms with E-state index in [0.29, 0.717) is 6.54 Å². The van der Waals surface area contributed by atoms with Gasteiger partial charge in [-0.1, -0.05) is 0 Å². The van der Waals surface area contributed by atoms with Crippen LogP contribution in [0.5, 0.6) is 0 Å². The van der Waals surface area contributed by atoms with Crippen LogP contribution in [0.3, 0.4) is 0 Å². The maximum absolute atomic E-state index is 5.14. The third kappa shape index (κ3) is 1.58. The van der Waals surface area contributed by atoms with Gasteiger partial charge in [-0.05, 0) is 12.0 Å². The molecule has 0 bridgehead atoms. The molecule has 0 aliphatic heterocycles. The fraction of sp³-hybridized carbons (Fsp3) is 0.125. The topological polar surface area (TPSA) is 3.88 Å². The zero-order valence-electron chi connectivity index (χ0n) is 5.42. The minimum absolute atomic E-state index is 0.613. The highest BCUT2D eigenvalue weighted by molar-refractivity contribution is 9.10. The van der Waals surface area contributed by atoms with E-state index in [4.69, 9.17) is 6.42 Å². The van der Waals surface area contributed by atoms with Gasteiger partial charge in [0.1, 0.15) is 0 Å². The molecule has 0 spiro atoms. The molecule has 0 radical (unpaired) electrons. The molecule has 1 heterocycles. The van der Waals surface area contributed by atoms with E-state index >= 15 is 0 Å². The van der Waals surface area contributed by atoms with Gasteiger partial charge in [0.25, 0.3) is 0 Å². The maximum atomic E-state index is 5.14. The molecule has 0 amide bonds. The summed E-state index contributed by atoms with van der Waals surface area (Å²) in [6, 6.07) is 5.86. The van der Waals surface area contributed by atoms with Gasteiger partial charge in [0.2, 0.25) is 11.1 Å². The highest BCUT2D eigenvalue weighted by Crippen LogP contribution is 1.99. The average Bonchev–Trinajstić information content (AvgIpc) is 1.94. The number of pyridine rings is 1. The van der Waals surface area contributed by atoms with Crippen LogP contribution < -0.4 is 4.57 Å². The largest absolute Gasteiger partial charge is 0.248 e. The van der Waals surface area contributed by atoms with Crippen LogP contribution in [0, 0.1) is 12.3 Å². The van der Waals surface area contributed by atoms with Gasteiger partial charge in [-0.15, -0.1) is 6.42 Å². The first kappa shape index (κ1) is 7.30. The second-order valence-corrected chi connectivity index (χ2v) is 2.67. The molecule has 0 saturated heterocycles. The van der Waals surface area contributed by atoms with Gasteiger partial charge >= 0.3 is 0 Å². The summed E-state index contributed by atoms with van der Waals surface area (Å²) in [7, 11) is 0. The molecule has 0 aliphatic carbocycles. The van der Waals surface area contributed by atoms with E-state index in [9.17, 15) is 0 Å². The van der Waals surface area contributed by atoms with Crippen LogP contribution in [-0.4, -0.2) is 0 Å². The number of hydrogen-bond acceptors (Lipinski definition) is 0. The van der Waals surface area contributed by atoms with Crippen molar-refractivity contribution in [3.8, 4) is 12.3 Å². The van der Waals surface area contributed by atoms with Crippen molar-refractivity contribution in [2.75, 3.05) is 0 Å². The summed E-state index contributed by atoms with van der Waals surface area (Å²) in [5.41, 5.74) is 0. The van der Waals surface area contributed by atoms with Crippen LogP contribution in [-0.2, 0) is 6.54 Å². The molecule has 0 aromatic carbocycles. The summed E-state index contributed by atoms with van der Waals surface area (Å²) in [6.07, 6.45) is 7.07. The van der Waals surface area contributed by atoms with Gasteiger partial charge in [-0.2, -0.15) is 4.57 Å². The zero-order chi connectivity index (χ0) is 7.40. The van der Waals surface area contributed by atoms with Crippen LogP contribution in [0.15, 0.2) is 29.0 Å². The van der Waals surface area contributed by atoms with Crippen LogP contribution in [0.2, 0.25) is 0 Å². The molecule has 0 atom stereocenters. The molecule has 2 heteroatoms. The number of terminal acetylenes is 1. The van der Waals surface area contributed by atoms with E-state index in [-0.39, 0.29) is 0 Å². The summed E-state index contributed by atoms with van der Waals surface area (Å²) in [5, 5.41) is 0. The molecule has 1 aromatic rings. The fourth-order valence-electron chi connectivity index (χ4n) is 0.682. The lowest BCUT2D eigenvalue weighted by Crippen LogP contribution is -2.33. The summed E-state index contributed by atoms with van der Waals surface area (Å²) in [4.78, 5) is 0. The third-order valence-electron chi connectivity index (χ3n) is 1.15. The van der Waals surface area contributed by atoms with Gasteiger partial charge < -0.3 is 0 Å². The van der Waals surface area contributed by atoms with E-state index in [2.05, 4.69) is 21.9 Å². The first-order chi connectivity index (χ1) is 4.84. The SMILES string of the molecule is C#CC[n+]1ccccc1Br. The summed E-state index contributed by atoms with van der Waals surface area (Å²) < 4.78 is 2.95. The Balaban J connectivity index is 2.94. The van der Waals surface area contributed by atoms with Gasteiger partial charge in [0, 0.05) is 28.1 Å². The molecule has 0 unspecified atom stereocenters. The number of aromatic nitrogens is 1. The molecular weight excluding hydrogens is 190 g/mol. The van der Waals surface area contributed by atoms with Crippen molar-refractivity contribution >= 4 is 15.9 Å².